The highest BCUT2D eigenvalue weighted by atomic mass is 32.2. The molecule has 0 bridgehead atoms. The number of ether oxygens (including phenoxy) is 3. The molecule has 0 aliphatic rings. The number of anilines is 1. The van der Waals surface area contributed by atoms with Crippen molar-refractivity contribution in [1.29, 1.82) is 0 Å². The van der Waals surface area contributed by atoms with Crippen molar-refractivity contribution >= 4 is 21.6 Å². The van der Waals surface area contributed by atoms with E-state index < -0.39 is 33.6 Å². The van der Waals surface area contributed by atoms with E-state index in [1.165, 1.54) is 64.7 Å². The van der Waals surface area contributed by atoms with E-state index in [2.05, 4.69) is 0 Å². The van der Waals surface area contributed by atoms with Crippen LogP contribution in [0.4, 0.5) is 14.5 Å². The Morgan fingerprint density at radius 1 is 0.917 bits per heavy atom. The monoisotopic (exact) mass is 520 g/mol. The first-order chi connectivity index (χ1) is 17.1. The van der Waals surface area contributed by atoms with Crippen molar-refractivity contribution in [1.82, 2.24) is 0 Å². The van der Waals surface area contributed by atoms with Gasteiger partial charge in [0.05, 0.1) is 31.9 Å². The quantitative estimate of drug-likeness (QED) is 0.437. The molecular formula is C25H26F2N2O6S. The average Bonchev–Trinajstić information content (AvgIpc) is 2.86. The second-order valence-electron chi connectivity index (χ2n) is 7.74. The van der Waals surface area contributed by atoms with Crippen LogP contribution in [0, 0.1) is 11.6 Å². The minimum Gasteiger partial charge on any atom is -0.495 e. The first kappa shape index (κ1) is 26.7. The summed E-state index contributed by atoms with van der Waals surface area (Å²) in [5.74, 6) is -2.07. The maximum absolute atomic E-state index is 14.5. The Hall–Kier alpha value is -3.86. The minimum atomic E-state index is -4.49. The molecule has 0 fully saturated rings. The molecule has 3 rings (SSSR count). The van der Waals surface area contributed by atoms with Crippen LogP contribution >= 0.6 is 0 Å². The molecule has 0 saturated carbocycles. The smallest absolute Gasteiger partial charge is 0.265 e. The van der Waals surface area contributed by atoms with Crippen LogP contribution in [0.5, 0.6) is 17.2 Å². The van der Waals surface area contributed by atoms with E-state index in [1.54, 1.807) is 6.07 Å². The lowest BCUT2D eigenvalue weighted by Crippen LogP contribution is -2.47. The zero-order valence-electron chi connectivity index (χ0n) is 20.1. The third-order valence-electron chi connectivity index (χ3n) is 5.63. The zero-order valence-corrected chi connectivity index (χ0v) is 20.9. The molecule has 1 amide bonds. The second-order valence-corrected chi connectivity index (χ2v) is 9.56. The number of nitrogens with zero attached hydrogens (tertiary/aromatic N) is 1. The van der Waals surface area contributed by atoms with Crippen LogP contribution in [0.15, 0.2) is 59.5 Å². The number of rotatable bonds is 10. The highest BCUT2D eigenvalue weighted by Crippen LogP contribution is 2.40. The van der Waals surface area contributed by atoms with Gasteiger partial charge in [-0.1, -0.05) is 18.2 Å². The fraction of sp³-hybridized carbons (Fsp3) is 0.240. The van der Waals surface area contributed by atoms with Crippen LogP contribution in [0.25, 0.3) is 0 Å². The Bertz CT molecular complexity index is 1360. The normalized spacial score (nSPS) is 12.1. The van der Waals surface area contributed by atoms with Crippen LogP contribution in [-0.4, -0.2) is 41.7 Å². The maximum atomic E-state index is 14.5. The van der Waals surface area contributed by atoms with Gasteiger partial charge in [0, 0.05) is 18.1 Å². The molecule has 0 unspecified atom stereocenters. The van der Waals surface area contributed by atoms with Crippen LogP contribution in [0.1, 0.15) is 18.1 Å². The molecule has 2 N–H and O–H groups in total. The van der Waals surface area contributed by atoms with Crippen LogP contribution < -0.4 is 24.2 Å². The SMILES string of the molecule is COc1ccc(S(=O)(=O)N(c2c(Cc3c(F)cccc3F)cccc2OC)[C@@H](C)C(N)=O)cc1OC. The average molecular weight is 521 g/mol. The van der Waals surface area contributed by atoms with Gasteiger partial charge in [0.25, 0.3) is 10.0 Å². The summed E-state index contributed by atoms with van der Waals surface area (Å²) in [5, 5.41) is 0. The molecule has 1 atom stereocenters. The van der Waals surface area contributed by atoms with Crippen molar-refractivity contribution in [2.24, 2.45) is 5.73 Å². The van der Waals surface area contributed by atoms with Crippen molar-refractivity contribution in [3.05, 3.63) is 77.4 Å². The molecule has 0 heterocycles. The maximum Gasteiger partial charge on any atom is 0.265 e. The van der Waals surface area contributed by atoms with E-state index in [0.717, 1.165) is 16.4 Å². The predicted octanol–water partition coefficient (Wildman–Crippen LogP) is 3.65. The predicted molar refractivity (Wildman–Crippen MR) is 130 cm³/mol. The number of carbonyl (C=O) groups is 1. The zero-order chi connectivity index (χ0) is 26.6. The third kappa shape index (κ3) is 5.06. The van der Waals surface area contributed by atoms with Gasteiger partial charge in [-0.25, -0.2) is 17.2 Å². The number of amides is 1. The number of benzene rings is 3. The highest BCUT2D eigenvalue weighted by molar-refractivity contribution is 7.93. The molecule has 192 valence electrons. The molecule has 36 heavy (non-hydrogen) atoms. The van der Waals surface area contributed by atoms with Crippen molar-refractivity contribution in [2.45, 2.75) is 24.3 Å². The molecule has 3 aromatic carbocycles. The van der Waals surface area contributed by atoms with Crippen LogP contribution in [0.2, 0.25) is 0 Å². The van der Waals surface area contributed by atoms with E-state index in [9.17, 15) is 22.0 Å². The fourth-order valence-electron chi connectivity index (χ4n) is 3.75. The summed E-state index contributed by atoms with van der Waals surface area (Å²) in [4.78, 5) is 12.1. The van der Waals surface area contributed by atoms with E-state index >= 15 is 0 Å². The Kier molecular flexibility index (Phi) is 8.03. The minimum absolute atomic E-state index is 0.0569. The van der Waals surface area contributed by atoms with Crippen molar-refractivity contribution < 1.29 is 36.2 Å². The van der Waals surface area contributed by atoms with E-state index in [-0.39, 0.29) is 39.6 Å². The first-order valence-corrected chi connectivity index (χ1v) is 12.1. The van der Waals surface area contributed by atoms with E-state index in [0.29, 0.717) is 5.75 Å². The van der Waals surface area contributed by atoms with Gasteiger partial charge >= 0.3 is 0 Å². The molecule has 0 spiro atoms. The van der Waals surface area contributed by atoms with Crippen molar-refractivity contribution in [3.8, 4) is 17.2 Å². The van der Waals surface area contributed by atoms with Crippen LogP contribution in [-0.2, 0) is 21.2 Å². The van der Waals surface area contributed by atoms with E-state index in [4.69, 9.17) is 19.9 Å². The summed E-state index contributed by atoms with van der Waals surface area (Å²) in [6, 6.07) is 10.5. The summed E-state index contributed by atoms with van der Waals surface area (Å²) in [6.07, 6.45) is -0.325. The van der Waals surface area contributed by atoms with Gasteiger partial charge in [0.1, 0.15) is 23.4 Å². The summed E-state index contributed by atoms with van der Waals surface area (Å²) in [6.45, 7) is 1.31. The number of nitrogens with two attached hydrogens (primary N) is 1. The molecule has 0 saturated heterocycles. The van der Waals surface area contributed by atoms with Gasteiger partial charge in [0.15, 0.2) is 11.5 Å². The van der Waals surface area contributed by atoms with Crippen molar-refractivity contribution in [3.63, 3.8) is 0 Å². The number of hydrogen-bond donors (Lipinski definition) is 1. The number of sulfonamides is 1. The Balaban J connectivity index is 2.30. The molecule has 0 aromatic heterocycles. The Morgan fingerprint density at radius 2 is 1.50 bits per heavy atom. The van der Waals surface area contributed by atoms with E-state index in [1.807, 2.05) is 0 Å². The molecule has 0 aliphatic carbocycles. The number of halogens is 2. The molecule has 0 aliphatic heterocycles. The summed E-state index contributed by atoms with van der Waals surface area (Å²) >= 11 is 0. The molecule has 3 aromatic rings. The van der Waals surface area contributed by atoms with Gasteiger partial charge in [0.2, 0.25) is 5.91 Å². The molecule has 11 heteroatoms. The molecule has 0 radical (unpaired) electrons. The van der Waals surface area contributed by atoms with Crippen molar-refractivity contribution in [2.75, 3.05) is 25.6 Å². The van der Waals surface area contributed by atoms with Gasteiger partial charge in [-0.15, -0.1) is 0 Å². The van der Waals surface area contributed by atoms with Gasteiger partial charge in [-0.2, -0.15) is 0 Å². The first-order valence-electron chi connectivity index (χ1n) is 10.7. The third-order valence-corrected chi connectivity index (χ3v) is 7.49. The molecule has 8 nitrogen and oxygen atoms in total. The summed E-state index contributed by atoms with van der Waals surface area (Å²) in [7, 11) is -0.440. The Morgan fingerprint density at radius 3 is 2.06 bits per heavy atom. The number of primary amides is 1. The lowest BCUT2D eigenvalue weighted by Gasteiger charge is -2.32. The summed E-state index contributed by atoms with van der Waals surface area (Å²) in [5.41, 5.74) is 5.38. The highest BCUT2D eigenvalue weighted by Gasteiger charge is 2.36. The largest absolute Gasteiger partial charge is 0.495 e. The fourth-order valence-corrected chi connectivity index (χ4v) is 5.44. The second kappa shape index (κ2) is 10.8. The lowest BCUT2D eigenvalue weighted by atomic mass is 10.0. The number of para-hydroxylation sites is 1. The Labute approximate surface area is 208 Å². The number of hydrogen-bond acceptors (Lipinski definition) is 6. The van der Waals surface area contributed by atoms with Gasteiger partial charge in [-0.3, -0.25) is 9.10 Å². The standard InChI is InChI=1S/C25H26F2N2O6S/c1-15(25(28)30)29(36(31,32)17-11-12-21(33-2)23(14-17)35-4)24-16(7-5-10-22(24)34-3)13-18-19(26)8-6-9-20(18)27/h5-12,14-15H,13H2,1-4H3,(H2,28,30)/t15-/m0/s1. The number of carbonyl (C=O) groups excluding carboxylic acids is 1. The molecular weight excluding hydrogens is 494 g/mol. The van der Waals surface area contributed by atoms with Gasteiger partial charge < -0.3 is 19.9 Å². The lowest BCUT2D eigenvalue weighted by molar-refractivity contribution is -0.118. The summed E-state index contributed by atoms with van der Waals surface area (Å²) < 4.78 is 73.5. The number of methoxy groups -OCH3 is 3. The van der Waals surface area contributed by atoms with Crippen LogP contribution in [0.3, 0.4) is 0 Å². The van der Waals surface area contributed by atoms with Gasteiger partial charge in [-0.05, 0) is 42.8 Å². The topological polar surface area (TPSA) is 108 Å².